The fourth-order valence-corrected chi connectivity index (χ4v) is 4.74. The number of allylic oxidation sites excluding steroid dienone is 4. The maximum atomic E-state index is 3.48. The Labute approximate surface area is 245 Å². The third-order valence-corrected chi connectivity index (χ3v) is 6.74. The summed E-state index contributed by atoms with van der Waals surface area (Å²) in [6.07, 6.45) is 6.95. The van der Waals surface area contributed by atoms with Gasteiger partial charge in [0, 0.05) is 0 Å². The Bertz CT molecular complexity index is 1250. The van der Waals surface area contributed by atoms with E-state index in [0.29, 0.717) is 11.3 Å². The summed E-state index contributed by atoms with van der Waals surface area (Å²) < 4.78 is 1.46. The summed E-state index contributed by atoms with van der Waals surface area (Å²) in [4.78, 5) is 0. The molecule has 4 aromatic carbocycles. The summed E-state index contributed by atoms with van der Waals surface area (Å²) in [6.45, 7) is 13.4. The first-order valence-corrected chi connectivity index (χ1v) is 13.4. The van der Waals surface area contributed by atoms with Gasteiger partial charge in [0.05, 0.1) is 0 Å². The van der Waals surface area contributed by atoms with Crippen LogP contribution in [0.5, 0.6) is 0 Å². The van der Waals surface area contributed by atoms with Gasteiger partial charge in [0.2, 0.25) is 0 Å². The molecule has 0 fully saturated rings. The summed E-state index contributed by atoms with van der Waals surface area (Å²) in [5.41, 5.74) is 4.59. The molecule has 1 aliphatic carbocycles. The molecule has 0 radical (unpaired) electrons. The molecule has 0 nitrogen and oxygen atoms in total. The van der Waals surface area contributed by atoms with Crippen molar-refractivity contribution in [3.05, 3.63) is 114 Å². The Morgan fingerprint density at radius 1 is 0.833 bits per heavy atom. The minimum atomic E-state index is 0. The molecular formula is C33H36Cl2Zr-2. The molecular weight excluding hydrogens is 558 g/mol. The summed E-state index contributed by atoms with van der Waals surface area (Å²) >= 11 is 1.51. The van der Waals surface area contributed by atoms with Crippen LogP contribution in [0.4, 0.5) is 0 Å². The smallest absolute Gasteiger partial charge is 0.0771 e. The average Bonchev–Trinajstić information content (AvgIpc) is 3.41. The van der Waals surface area contributed by atoms with Crippen molar-refractivity contribution in [2.45, 2.75) is 48.0 Å². The fourth-order valence-electron chi connectivity index (χ4n) is 4.33. The molecule has 1 unspecified atom stereocenters. The van der Waals surface area contributed by atoms with Crippen molar-refractivity contribution in [2.24, 2.45) is 11.3 Å². The quantitative estimate of drug-likeness (QED) is 0.313. The van der Waals surface area contributed by atoms with Crippen LogP contribution >= 0.6 is 0 Å². The molecule has 36 heavy (non-hydrogen) atoms. The molecule has 5 rings (SSSR count). The molecule has 0 saturated carbocycles. The van der Waals surface area contributed by atoms with E-state index in [9.17, 15) is 0 Å². The van der Waals surface area contributed by atoms with Gasteiger partial charge >= 0.3 is 70.3 Å². The van der Waals surface area contributed by atoms with Crippen molar-refractivity contribution in [3.8, 4) is 0 Å². The van der Waals surface area contributed by atoms with E-state index in [2.05, 4.69) is 133 Å². The molecule has 3 heteroatoms. The van der Waals surface area contributed by atoms with E-state index in [-0.39, 0.29) is 24.8 Å². The number of halogens is 2. The van der Waals surface area contributed by atoms with Crippen LogP contribution in [0.2, 0.25) is 0 Å². The van der Waals surface area contributed by atoms with Crippen LogP contribution in [0, 0.1) is 17.4 Å². The maximum absolute atomic E-state index is 3.48. The zero-order valence-electron chi connectivity index (χ0n) is 22.2. The van der Waals surface area contributed by atoms with E-state index in [4.69, 9.17) is 0 Å². The Morgan fingerprint density at radius 2 is 1.31 bits per heavy atom. The van der Waals surface area contributed by atoms with Crippen molar-refractivity contribution in [3.63, 3.8) is 0 Å². The molecule has 4 aromatic rings. The molecule has 0 spiro atoms. The molecule has 0 aliphatic heterocycles. The van der Waals surface area contributed by atoms with E-state index in [0.717, 1.165) is 6.42 Å². The van der Waals surface area contributed by atoms with Gasteiger partial charge in [-0.3, -0.25) is 6.08 Å². The van der Waals surface area contributed by atoms with E-state index >= 15 is 0 Å². The number of hydrogen-bond donors (Lipinski definition) is 0. The normalized spacial score (nSPS) is 14.3. The molecule has 0 saturated heterocycles. The van der Waals surface area contributed by atoms with Crippen molar-refractivity contribution in [1.29, 1.82) is 0 Å². The average molecular weight is 595 g/mol. The first-order valence-electron chi connectivity index (χ1n) is 12.2. The van der Waals surface area contributed by atoms with Gasteiger partial charge in [-0.15, -0.1) is 39.7 Å². The monoisotopic (exact) mass is 592 g/mol. The van der Waals surface area contributed by atoms with Gasteiger partial charge < -0.3 is 24.8 Å². The summed E-state index contributed by atoms with van der Waals surface area (Å²) in [7, 11) is 0. The van der Waals surface area contributed by atoms with Crippen LogP contribution in [0.25, 0.3) is 21.5 Å². The second kappa shape index (κ2) is 14.9. The molecule has 0 heterocycles. The SMILES string of the molecule is CCC1=[C-]C(C)C=C1C(C)(C)C.C[C](=[Zr+2])c1ccccc1.[Cl-].[Cl-].c1ccc2c(c1)[cH-]c1ccccc12. The first kappa shape index (κ1) is 32.4. The van der Waals surface area contributed by atoms with Gasteiger partial charge in [-0.05, 0) is 0 Å². The predicted octanol–water partition coefficient (Wildman–Crippen LogP) is 3.24. The Balaban J connectivity index is 0.000000267. The molecule has 188 valence electrons. The van der Waals surface area contributed by atoms with Crippen LogP contribution in [-0.4, -0.2) is 3.21 Å². The molecule has 0 N–H and O–H groups in total. The Kier molecular flexibility index (Phi) is 13.4. The van der Waals surface area contributed by atoms with Gasteiger partial charge in [-0.25, -0.2) is 5.57 Å². The predicted molar refractivity (Wildman–Crippen MR) is 147 cm³/mol. The van der Waals surface area contributed by atoms with Gasteiger partial charge in [0.15, 0.2) is 0 Å². The standard InChI is InChI=1S/C13H9.C12H19.C8H8.2ClH.Zr/c1-3-7-12-10(5-1)9-11-6-2-4-8-13(11)12;1-6-10-7-9(2)8-11(10)12(3,4)5;1-2-8-6-4-3-5-7-8;;;/h1-9H;8-9H,6H2,1-5H3;3-7H,1H3;2*1H;/q2*-1;;;;+2/p-2. The second-order valence-electron chi connectivity index (χ2n) is 9.91. The molecule has 1 aliphatic rings. The van der Waals surface area contributed by atoms with E-state index in [1.807, 2.05) is 6.07 Å². The van der Waals surface area contributed by atoms with E-state index in [1.54, 1.807) is 0 Å². The van der Waals surface area contributed by atoms with Crippen LogP contribution in [0.3, 0.4) is 0 Å². The van der Waals surface area contributed by atoms with E-state index in [1.165, 1.54) is 65.7 Å². The molecule has 0 aromatic heterocycles. The molecule has 1 atom stereocenters. The minimum Gasteiger partial charge on any atom is -1.00 e. The van der Waals surface area contributed by atoms with Crippen LogP contribution < -0.4 is 24.8 Å². The summed E-state index contributed by atoms with van der Waals surface area (Å²) in [6, 6.07) is 29.7. The molecule has 0 bridgehead atoms. The second-order valence-corrected chi connectivity index (χ2v) is 11.7. The maximum Gasteiger partial charge on any atom is -0.0771 e. The fraction of sp³-hybridized carbons (Fsp3) is 0.273. The number of benzene rings is 3. The zero-order valence-corrected chi connectivity index (χ0v) is 26.2. The largest absolute Gasteiger partial charge is 1.00 e. The van der Waals surface area contributed by atoms with Crippen molar-refractivity contribution < 1.29 is 49.0 Å². The minimum absolute atomic E-state index is 0. The van der Waals surface area contributed by atoms with Crippen LogP contribution in [0.15, 0.2) is 102 Å². The van der Waals surface area contributed by atoms with Crippen molar-refractivity contribution >= 4 is 24.8 Å². The molecule has 0 amide bonds. The Morgan fingerprint density at radius 3 is 1.69 bits per heavy atom. The topological polar surface area (TPSA) is 0 Å². The van der Waals surface area contributed by atoms with Crippen molar-refractivity contribution in [2.75, 3.05) is 0 Å². The summed E-state index contributed by atoms with van der Waals surface area (Å²) in [5, 5.41) is 5.39. The van der Waals surface area contributed by atoms with Gasteiger partial charge in [0.25, 0.3) is 0 Å². The number of fused-ring (bicyclic) bond motifs is 3. The third-order valence-electron chi connectivity index (χ3n) is 6.03. The van der Waals surface area contributed by atoms with Crippen molar-refractivity contribution in [1.82, 2.24) is 0 Å². The van der Waals surface area contributed by atoms with Gasteiger partial charge in [-0.2, -0.15) is 11.6 Å². The Hall–Kier alpha value is -1.66. The van der Waals surface area contributed by atoms with Crippen LogP contribution in [0.1, 0.15) is 53.5 Å². The summed E-state index contributed by atoms with van der Waals surface area (Å²) in [5.74, 6) is 0.522. The number of hydrogen-bond acceptors (Lipinski definition) is 0. The van der Waals surface area contributed by atoms with Gasteiger partial charge in [-0.1, -0.05) is 88.8 Å². The zero-order chi connectivity index (χ0) is 24.7. The first-order chi connectivity index (χ1) is 16.2. The van der Waals surface area contributed by atoms with E-state index < -0.39 is 0 Å². The van der Waals surface area contributed by atoms with Crippen LogP contribution in [-0.2, 0) is 24.2 Å². The third kappa shape index (κ3) is 8.73. The van der Waals surface area contributed by atoms with Gasteiger partial charge in [0.1, 0.15) is 0 Å². The number of rotatable bonds is 2.